The maximum atomic E-state index is 12.7. The Labute approximate surface area is 177 Å². The second-order valence-electron chi connectivity index (χ2n) is 6.32. The Morgan fingerprint density at radius 1 is 1.28 bits per heavy atom. The Balaban J connectivity index is 1.65. The summed E-state index contributed by atoms with van der Waals surface area (Å²) in [4.78, 5) is 27.3. The lowest BCUT2D eigenvalue weighted by Crippen LogP contribution is -2.31. The normalized spacial score (nSPS) is 17.9. The van der Waals surface area contributed by atoms with E-state index in [-0.39, 0.29) is 23.4 Å². The van der Waals surface area contributed by atoms with E-state index < -0.39 is 5.25 Å². The molecule has 1 aromatic heterocycles. The van der Waals surface area contributed by atoms with Crippen molar-refractivity contribution in [3.05, 3.63) is 46.7 Å². The Hall–Kier alpha value is -2.65. The molecule has 1 atom stereocenters. The highest BCUT2D eigenvalue weighted by molar-refractivity contribution is 8.14. The summed E-state index contributed by atoms with van der Waals surface area (Å²) >= 11 is 2.62. The van der Waals surface area contributed by atoms with Crippen LogP contribution < -0.4 is 15.4 Å². The standard InChI is InChI=1S/C20H22N4O3S2/c1-3-10-27-15-8-6-14(7-9-15)24-18(25)12-17(19(24)26)29-20(21)23-22-13(2)16-5-4-11-28-16/h4-9,11,17H,3,10,12H2,1-2H3,(H2,21,23)/b22-13-/t17-/m0/s1. The van der Waals surface area contributed by atoms with Crippen LogP contribution in [0.1, 0.15) is 31.6 Å². The number of thiophene rings is 1. The van der Waals surface area contributed by atoms with Gasteiger partial charge < -0.3 is 10.5 Å². The fourth-order valence-electron chi connectivity index (χ4n) is 2.71. The first-order chi connectivity index (χ1) is 14.0. The molecule has 0 aliphatic carbocycles. The minimum absolute atomic E-state index is 0.0709. The molecule has 2 amide bonds. The highest BCUT2D eigenvalue weighted by atomic mass is 32.2. The van der Waals surface area contributed by atoms with Crippen LogP contribution >= 0.6 is 23.1 Å². The van der Waals surface area contributed by atoms with Crippen LogP contribution in [0.5, 0.6) is 5.75 Å². The molecular weight excluding hydrogens is 408 g/mol. The van der Waals surface area contributed by atoms with Gasteiger partial charge in [-0.1, -0.05) is 24.8 Å². The largest absolute Gasteiger partial charge is 0.494 e. The number of hydrogen-bond donors (Lipinski definition) is 1. The van der Waals surface area contributed by atoms with Gasteiger partial charge >= 0.3 is 0 Å². The Morgan fingerprint density at radius 3 is 2.69 bits per heavy atom. The zero-order valence-electron chi connectivity index (χ0n) is 16.2. The van der Waals surface area contributed by atoms with Crippen LogP contribution in [0.15, 0.2) is 52.0 Å². The summed E-state index contributed by atoms with van der Waals surface area (Å²) < 4.78 is 5.54. The first-order valence-electron chi connectivity index (χ1n) is 9.17. The number of hydrogen-bond acceptors (Lipinski definition) is 7. The van der Waals surface area contributed by atoms with Crippen LogP contribution in [0.25, 0.3) is 0 Å². The van der Waals surface area contributed by atoms with Gasteiger partial charge in [-0.2, -0.15) is 5.10 Å². The number of thioether (sulfide) groups is 1. The zero-order chi connectivity index (χ0) is 20.8. The number of amidine groups is 1. The van der Waals surface area contributed by atoms with Gasteiger partial charge in [0.2, 0.25) is 11.8 Å². The molecule has 152 valence electrons. The molecule has 0 bridgehead atoms. The number of rotatable bonds is 7. The summed E-state index contributed by atoms with van der Waals surface area (Å²) in [6.07, 6.45) is 0.977. The van der Waals surface area contributed by atoms with Gasteiger partial charge in [-0.25, -0.2) is 4.90 Å². The molecule has 0 spiro atoms. The molecule has 0 unspecified atom stereocenters. The van der Waals surface area contributed by atoms with Crippen LogP contribution in [0, 0.1) is 0 Å². The monoisotopic (exact) mass is 430 g/mol. The van der Waals surface area contributed by atoms with E-state index in [9.17, 15) is 9.59 Å². The van der Waals surface area contributed by atoms with Gasteiger partial charge in [-0.15, -0.1) is 16.4 Å². The summed E-state index contributed by atoms with van der Waals surface area (Å²) in [6, 6.07) is 10.8. The molecular formula is C20H22N4O3S2. The number of nitrogens with two attached hydrogens (primary N) is 1. The lowest BCUT2D eigenvalue weighted by molar-refractivity contribution is -0.121. The van der Waals surface area contributed by atoms with Crippen molar-refractivity contribution in [2.45, 2.75) is 31.9 Å². The average molecular weight is 431 g/mol. The summed E-state index contributed by atoms with van der Waals surface area (Å²) in [5, 5.41) is 9.60. The molecule has 0 saturated carbocycles. The predicted octanol–water partition coefficient (Wildman–Crippen LogP) is 3.64. The van der Waals surface area contributed by atoms with Crippen LogP contribution in [0.4, 0.5) is 5.69 Å². The topological polar surface area (TPSA) is 97.3 Å². The Kier molecular flexibility index (Phi) is 7.05. The minimum atomic E-state index is -0.612. The molecule has 1 aromatic carbocycles. The smallest absolute Gasteiger partial charge is 0.247 e. The fraction of sp³-hybridized carbons (Fsp3) is 0.300. The van der Waals surface area contributed by atoms with Crippen molar-refractivity contribution in [3.8, 4) is 5.75 Å². The second-order valence-corrected chi connectivity index (χ2v) is 8.49. The maximum Gasteiger partial charge on any atom is 0.247 e. The van der Waals surface area contributed by atoms with Crippen LogP contribution in [0.2, 0.25) is 0 Å². The van der Waals surface area contributed by atoms with Gasteiger partial charge in [0.1, 0.15) is 11.0 Å². The third-order valence-electron chi connectivity index (χ3n) is 4.11. The Bertz CT molecular complexity index is 924. The van der Waals surface area contributed by atoms with E-state index in [1.54, 1.807) is 35.6 Å². The number of benzene rings is 1. The van der Waals surface area contributed by atoms with Crippen molar-refractivity contribution in [2.24, 2.45) is 15.9 Å². The number of ether oxygens (including phenoxy) is 1. The highest BCUT2D eigenvalue weighted by Gasteiger charge is 2.40. The minimum Gasteiger partial charge on any atom is -0.494 e. The van der Waals surface area contributed by atoms with Crippen LogP contribution in [-0.4, -0.2) is 34.6 Å². The van der Waals surface area contributed by atoms with Crippen molar-refractivity contribution >= 4 is 51.5 Å². The van der Waals surface area contributed by atoms with E-state index in [1.165, 1.54) is 4.90 Å². The molecule has 2 aromatic rings. The fourth-order valence-corrected chi connectivity index (χ4v) is 4.19. The molecule has 1 saturated heterocycles. The molecule has 2 N–H and O–H groups in total. The average Bonchev–Trinajstić information content (AvgIpc) is 3.34. The molecule has 1 fully saturated rings. The molecule has 1 aliphatic heterocycles. The molecule has 7 nitrogen and oxygen atoms in total. The molecule has 0 radical (unpaired) electrons. The van der Waals surface area contributed by atoms with E-state index in [0.29, 0.717) is 18.0 Å². The molecule has 9 heteroatoms. The maximum absolute atomic E-state index is 12.7. The van der Waals surface area contributed by atoms with Gasteiger partial charge in [0, 0.05) is 6.42 Å². The summed E-state index contributed by atoms with van der Waals surface area (Å²) in [5.41, 5.74) is 7.19. The third kappa shape index (κ3) is 5.24. The summed E-state index contributed by atoms with van der Waals surface area (Å²) in [7, 11) is 0. The number of anilines is 1. The SMILES string of the molecule is CCCOc1ccc(N2C(=O)C[C@H](S/C(N)=N\N=C(\C)c3cccs3)C2=O)cc1. The highest BCUT2D eigenvalue weighted by Crippen LogP contribution is 2.30. The van der Waals surface area contributed by atoms with Crippen molar-refractivity contribution in [3.63, 3.8) is 0 Å². The van der Waals surface area contributed by atoms with Gasteiger partial charge in [0.25, 0.3) is 0 Å². The molecule has 29 heavy (non-hydrogen) atoms. The van der Waals surface area contributed by atoms with Crippen molar-refractivity contribution in [1.29, 1.82) is 0 Å². The number of carbonyl (C=O) groups excluding carboxylic acids is 2. The zero-order valence-corrected chi connectivity index (χ0v) is 17.8. The van der Waals surface area contributed by atoms with Crippen molar-refractivity contribution in [2.75, 3.05) is 11.5 Å². The second kappa shape index (κ2) is 9.71. The van der Waals surface area contributed by atoms with Gasteiger partial charge in [-0.05, 0) is 49.1 Å². The van der Waals surface area contributed by atoms with Gasteiger partial charge in [0.05, 0.1) is 22.9 Å². The number of carbonyl (C=O) groups is 2. The van der Waals surface area contributed by atoms with E-state index in [4.69, 9.17) is 10.5 Å². The quantitative estimate of drug-likeness (QED) is 0.313. The Morgan fingerprint density at radius 2 is 2.03 bits per heavy atom. The van der Waals surface area contributed by atoms with E-state index in [2.05, 4.69) is 10.2 Å². The summed E-state index contributed by atoms with van der Waals surface area (Å²) in [5.74, 6) is 0.135. The van der Waals surface area contributed by atoms with Crippen molar-refractivity contribution in [1.82, 2.24) is 0 Å². The third-order valence-corrected chi connectivity index (χ3v) is 6.07. The molecule has 3 rings (SSSR count). The lowest BCUT2D eigenvalue weighted by Gasteiger charge is -2.15. The van der Waals surface area contributed by atoms with Crippen molar-refractivity contribution < 1.29 is 14.3 Å². The molecule has 2 heterocycles. The van der Waals surface area contributed by atoms with E-state index in [1.807, 2.05) is 31.4 Å². The van der Waals surface area contributed by atoms with E-state index >= 15 is 0 Å². The van der Waals surface area contributed by atoms with Crippen LogP contribution in [-0.2, 0) is 9.59 Å². The van der Waals surface area contributed by atoms with Crippen LogP contribution in [0.3, 0.4) is 0 Å². The first-order valence-corrected chi connectivity index (χ1v) is 10.9. The summed E-state index contributed by atoms with van der Waals surface area (Å²) in [6.45, 7) is 4.48. The first kappa shape index (κ1) is 21.1. The lowest BCUT2D eigenvalue weighted by atomic mass is 10.3. The van der Waals surface area contributed by atoms with E-state index in [0.717, 1.165) is 28.8 Å². The predicted molar refractivity (Wildman–Crippen MR) is 119 cm³/mol. The molecule has 1 aliphatic rings. The number of imide groups is 1. The van der Waals surface area contributed by atoms with Gasteiger partial charge in [0.15, 0.2) is 5.17 Å². The number of amides is 2. The van der Waals surface area contributed by atoms with Gasteiger partial charge in [-0.3, -0.25) is 9.59 Å². The number of nitrogens with zero attached hydrogens (tertiary/aromatic N) is 3.